The van der Waals surface area contributed by atoms with Crippen LogP contribution in [0.4, 0.5) is 0 Å². The lowest BCUT2D eigenvalue weighted by molar-refractivity contribution is -0.101. The molecule has 0 unspecified atom stereocenters. The van der Waals surface area contributed by atoms with Crippen molar-refractivity contribution in [3.8, 4) is 0 Å². The van der Waals surface area contributed by atoms with E-state index in [1.807, 2.05) is 0 Å². The average molecular weight is 322 g/mol. The van der Waals surface area contributed by atoms with Crippen molar-refractivity contribution in [3.05, 3.63) is 69.2 Å². The Labute approximate surface area is 130 Å². The number of halogens is 2. The lowest BCUT2D eigenvalue weighted by Gasteiger charge is -2.13. The maximum Gasteiger partial charge on any atom is 0.285 e. The summed E-state index contributed by atoms with van der Waals surface area (Å²) in [5, 5.41) is 1.59. The molecule has 0 saturated heterocycles. The van der Waals surface area contributed by atoms with Crippen LogP contribution in [0.15, 0.2) is 42.5 Å². The predicted octanol–water partition coefficient (Wildman–Crippen LogP) is 3.72. The van der Waals surface area contributed by atoms with Gasteiger partial charge in [0.25, 0.3) is 11.8 Å². The fourth-order valence-electron chi connectivity index (χ4n) is 2.05. The minimum Gasteiger partial charge on any atom is -0.266 e. The first-order valence-electron chi connectivity index (χ1n) is 6.12. The number of carbonyl (C=O) groups is 2. The molecule has 0 fully saturated rings. The van der Waals surface area contributed by atoms with Gasteiger partial charge < -0.3 is 0 Å². The molecule has 2 aromatic rings. The van der Waals surface area contributed by atoms with E-state index in [0.717, 1.165) is 5.06 Å². The molecule has 2 amide bonds. The van der Waals surface area contributed by atoms with Crippen LogP contribution in [0.3, 0.4) is 0 Å². The van der Waals surface area contributed by atoms with Crippen molar-refractivity contribution in [1.82, 2.24) is 5.06 Å². The van der Waals surface area contributed by atoms with E-state index in [1.54, 1.807) is 42.5 Å². The van der Waals surface area contributed by atoms with Crippen molar-refractivity contribution in [1.29, 1.82) is 0 Å². The van der Waals surface area contributed by atoms with Crippen LogP contribution in [0, 0.1) is 0 Å². The Hall–Kier alpha value is -1.88. The van der Waals surface area contributed by atoms with E-state index >= 15 is 0 Å². The number of fused-ring (bicyclic) bond motifs is 1. The van der Waals surface area contributed by atoms with Crippen LogP contribution in [0.25, 0.3) is 0 Å². The molecule has 21 heavy (non-hydrogen) atoms. The zero-order valence-corrected chi connectivity index (χ0v) is 12.2. The van der Waals surface area contributed by atoms with Crippen molar-refractivity contribution >= 4 is 35.0 Å². The SMILES string of the molecule is O=C1c2ccccc2C(=O)N1OCc1ccc(Cl)c(Cl)c1. The maximum atomic E-state index is 12.1. The lowest BCUT2D eigenvalue weighted by Crippen LogP contribution is -2.29. The first-order chi connectivity index (χ1) is 10.1. The van der Waals surface area contributed by atoms with Gasteiger partial charge in [-0.1, -0.05) is 41.4 Å². The predicted molar refractivity (Wildman–Crippen MR) is 78.2 cm³/mol. The third kappa shape index (κ3) is 2.53. The number of carbonyl (C=O) groups excluding carboxylic acids is 2. The number of hydrogen-bond donors (Lipinski definition) is 0. The Balaban J connectivity index is 1.76. The highest BCUT2D eigenvalue weighted by Crippen LogP contribution is 2.25. The molecule has 1 aliphatic rings. The van der Waals surface area contributed by atoms with Crippen LogP contribution in [0.1, 0.15) is 26.3 Å². The summed E-state index contributed by atoms with van der Waals surface area (Å²) < 4.78 is 0. The van der Waals surface area contributed by atoms with Gasteiger partial charge in [-0.2, -0.15) is 0 Å². The Morgan fingerprint density at radius 2 is 1.52 bits per heavy atom. The monoisotopic (exact) mass is 321 g/mol. The fourth-order valence-corrected chi connectivity index (χ4v) is 2.37. The van der Waals surface area contributed by atoms with Gasteiger partial charge >= 0.3 is 0 Å². The zero-order chi connectivity index (χ0) is 15.0. The third-order valence-corrected chi connectivity index (χ3v) is 3.84. The minimum atomic E-state index is -0.462. The second kappa shape index (κ2) is 5.48. The summed E-state index contributed by atoms with van der Waals surface area (Å²) >= 11 is 11.7. The molecular formula is C15H9Cl2NO3. The molecule has 0 aromatic heterocycles. The highest BCUT2D eigenvalue weighted by Gasteiger charge is 2.36. The summed E-state index contributed by atoms with van der Waals surface area (Å²) in [4.78, 5) is 29.5. The van der Waals surface area contributed by atoms with Crippen LogP contribution in [-0.4, -0.2) is 16.9 Å². The molecule has 0 aliphatic carbocycles. The molecule has 6 heteroatoms. The lowest BCUT2D eigenvalue weighted by atomic mass is 10.1. The second-order valence-electron chi connectivity index (χ2n) is 4.47. The van der Waals surface area contributed by atoms with Crippen LogP contribution in [0.2, 0.25) is 10.0 Å². The number of nitrogens with zero attached hydrogens (tertiary/aromatic N) is 1. The van der Waals surface area contributed by atoms with E-state index in [2.05, 4.69) is 0 Å². The van der Waals surface area contributed by atoms with Crippen molar-refractivity contribution in [2.24, 2.45) is 0 Å². The standard InChI is InChI=1S/C15H9Cl2NO3/c16-12-6-5-9(7-13(12)17)8-21-18-14(19)10-3-1-2-4-11(10)15(18)20/h1-7H,8H2. The Morgan fingerprint density at radius 1 is 0.905 bits per heavy atom. The summed E-state index contributed by atoms with van der Waals surface area (Å²) in [6, 6.07) is 11.6. The Kier molecular flexibility index (Phi) is 3.68. The zero-order valence-electron chi connectivity index (χ0n) is 10.7. The van der Waals surface area contributed by atoms with E-state index in [4.69, 9.17) is 28.0 Å². The van der Waals surface area contributed by atoms with Gasteiger partial charge in [-0.3, -0.25) is 14.4 Å². The second-order valence-corrected chi connectivity index (χ2v) is 5.29. The van der Waals surface area contributed by atoms with Crippen LogP contribution >= 0.6 is 23.2 Å². The first kappa shape index (κ1) is 14.1. The van der Waals surface area contributed by atoms with E-state index in [1.165, 1.54) is 0 Å². The molecule has 0 atom stereocenters. The van der Waals surface area contributed by atoms with Gasteiger partial charge in [0.1, 0.15) is 6.61 Å². The van der Waals surface area contributed by atoms with Gasteiger partial charge in [-0.25, -0.2) is 0 Å². The number of amides is 2. The van der Waals surface area contributed by atoms with E-state index in [0.29, 0.717) is 26.7 Å². The van der Waals surface area contributed by atoms with Crippen LogP contribution < -0.4 is 0 Å². The van der Waals surface area contributed by atoms with Crippen molar-refractivity contribution in [2.75, 3.05) is 0 Å². The first-order valence-corrected chi connectivity index (χ1v) is 6.88. The average Bonchev–Trinajstić information content (AvgIpc) is 2.73. The quantitative estimate of drug-likeness (QED) is 0.809. The molecule has 0 N–H and O–H groups in total. The highest BCUT2D eigenvalue weighted by atomic mass is 35.5. The molecular weight excluding hydrogens is 313 g/mol. The van der Waals surface area contributed by atoms with Crippen molar-refractivity contribution < 1.29 is 14.4 Å². The molecule has 0 radical (unpaired) electrons. The van der Waals surface area contributed by atoms with Gasteiger partial charge in [0, 0.05) is 0 Å². The number of benzene rings is 2. The number of imide groups is 1. The van der Waals surface area contributed by atoms with Gasteiger partial charge in [-0.05, 0) is 29.8 Å². The molecule has 106 valence electrons. The van der Waals surface area contributed by atoms with Gasteiger partial charge in [0.2, 0.25) is 0 Å². The number of rotatable bonds is 3. The molecule has 4 nitrogen and oxygen atoms in total. The largest absolute Gasteiger partial charge is 0.285 e. The molecule has 0 bridgehead atoms. The Morgan fingerprint density at radius 3 is 2.10 bits per heavy atom. The van der Waals surface area contributed by atoms with E-state index in [9.17, 15) is 9.59 Å². The minimum absolute atomic E-state index is 0.0440. The van der Waals surface area contributed by atoms with Gasteiger partial charge in [-0.15, -0.1) is 5.06 Å². The van der Waals surface area contributed by atoms with Gasteiger partial charge in [0.15, 0.2) is 0 Å². The summed E-state index contributed by atoms with van der Waals surface area (Å²) in [6.45, 7) is 0.0440. The highest BCUT2D eigenvalue weighted by molar-refractivity contribution is 6.42. The van der Waals surface area contributed by atoms with Crippen molar-refractivity contribution in [3.63, 3.8) is 0 Å². The molecule has 1 aliphatic heterocycles. The molecule has 2 aromatic carbocycles. The normalized spacial score (nSPS) is 13.7. The van der Waals surface area contributed by atoms with Gasteiger partial charge in [0.05, 0.1) is 21.2 Å². The topological polar surface area (TPSA) is 46.6 Å². The molecule has 1 heterocycles. The number of hydrogen-bond acceptors (Lipinski definition) is 3. The van der Waals surface area contributed by atoms with Crippen LogP contribution in [0.5, 0.6) is 0 Å². The molecule has 3 rings (SSSR count). The third-order valence-electron chi connectivity index (χ3n) is 3.10. The number of hydroxylamine groups is 2. The molecule has 0 spiro atoms. The summed E-state index contributed by atoms with van der Waals surface area (Å²) in [5.74, 6) is -0.925. The van der Waals surface area contributed by atoms with E-state index in [-0.39, 0.29) is 6.61 Å². The summed E-state index contributed by atoms with van der Waals surface area (Å²) in [6.07, 6.45) is 0. The van der Waals surface area contributed by atoms with Crippen molar-refractivity contribution in [2.45, 2.75) is 6.61 Å². The van der Waals surface area contributed by atoms with E-state index < -0.39 is 11.8 Å². The smallest absolute Gasteiger partial charge is 0.266 e. The molecule has 0 saturated carbocycles. The fraction of sp³-hybridized carbons (Fsp3) is 0.0667. The Bertz CT molecular complexity index is 710. The summed E-state index contributed by atoms with van der Waals surface area (Å²) in [7, 11) is 0. The maximum absolute atomic E-state index is 12.1. The van der Waals surface area contributed by atoms with Crippen LogP contribution in [-0.2, 0) is 11.4 Å². The summed E-state index contributed by atoms with van der Waals surface area (Å²) in [5.41, 5.74) is 1.40.